The van der Waals surface area contributed by atoms with Gasteiger partial charge in [-0.05, 0) is 68.8 Å². The number of ketones is 1. The summed E-state index contributed by atoms with van der Waals surface area (Å²) >= 11 is 0. The number of Topliss-reactive ketones (excluding diaryl/α,β-unsaturated/α-hetero) is 1. The lowest BCUT2D eigenvalue weighted by molar-refractivity contribution is 0.0869. The number of aliphatic hydroxyl groups is 1. The van der Waals surface area contributed by atoms with Crippen LogP contribution in [-0.2, 0) is 0 Å². The lowest BCUT2D eigenvalue weighted by atomic mass is 9.95. The number of benzene rings is 3. The summed E-state index contributed by atoms with van der Waals surface area (Å²) < 4.78 is 19.8. The normalized spacial score (nSPS) is 11.3. The van der Waals surface area contributed by atoms with Gasteiger partial charge in [-0.25, -0.2) is 4.39 Å². The lowest BCUT2D eigenvalue weighted by Gasteiger charge is -2.23. The Bertz CT molecular complexity index is 1580. The molecule has 0 radical (unpaired) electrons. The molecule has 0 aliphatic heterocycles. The maximum atomic E-state index is 13.6. The zero-order valence-electron chi connectivity index (χ0n) is 22.3. The fourth-order valence-corrected chi connectivity index (χ4v) is 4.39. The van der Waals surface area contributed by atoms with Crippen LogP contribution in [0.4, 0.5) is 10.1 Å². The fourth-order valence-electron chi connectivity index (χ4n) is 4.39. The summed E-state index contributed by atoms with van der Waals surface area (Å²) in [6.45, 7) is 7.20. The largest absolute Gasteiger partial charge is 0.455 e. The van der Waals surface area contributed by atoms with E-state index in [1.54, 1.807) is 63.2 Å². The molecule has 1 heterocycles. The van der Waals surface area contributed by atoms with E-state index in [2.05, 4.69) is 11.5 Å². The topological polar surface area (TPSA) is 107 Å². The molecule has 0 fully saturated rings. The van der Waals surface area contributed by atoms with Crippen LogP contribution >= 0.6 is 0 Å². The lowest BCUT2D eigenvalue weighted by Crippen LogP contribution is -2.46. The highest BCUT2D eigenvalue weighted by Gasteiger charge is 2.25. The van der Waals surface area contributed by atoms with Gasteiger partial charge in [-0.3, -0.25) is 14.5 Å². The summed E-state index contributed by atoms with van der Waals surface area (Å²) in [7, 11) is 0. The van der Waals surface area contributed by atoms with Crippen LogP contribution in [0.5, 0.6) is 0 Å². The molecular formula is C31H30FN3O4. The van der Waals surface area contributed by atoms with Crippen LogP contribution < -0.4 is 10.2 Å². The minimum absolute atomic E-state index is 0.140. The Kier molecular flexibility index (Phi) is 7.84. The van der Waals surface area contributed by atoms with Crippen molar-refractivity contribution < 1.29 is 23.5 Å². The molecule has 0 spiro atoms. The minimum Gasteiger partial charge on any atom is -0.455 e. The van der Waals surface area contributed by atoms with Gasteiger partial charge in [0.05, 0.1) is 23.4 Å². The van der Waals surface area contributed by atoms with Gasteiger partial charge in [0, 0.05) is 41.1 Å². The van der Waals surface area contributed by atoms with Crippen LogP contribution in [0.1, 0.15) is 54.8 Å². The third-order valence-electron chi connectivity index (χ3n) is 6.52. The standard InChI is InChI=1S/C31H30FN3O4/c1-5-26(37)28-24-15-23(20-8-7-9-21(14-20)30(38)34-31(3,4)17-36)25(35(6-2)18-33)16-27(24)39-29(28)19-10-12-22(32)13-11-19/h7-16,36H,5-6,17H2,1-4H3,(H,34,38). The first-order valence-corrected chi connectivity index (χ1v) is 12.7. The second-order valence-corrected chi connectivity index (χ2v) is 9.88. The number of anilines is 1. The van der Waals surface area contributed by atoms with E-state index in [9.17, 15) is 24.3 Å². The second-order valence-electron chi connectivity index (χ2n) is 9.88. The number of carbonyl (C=O) groups is 2. The summed E-state index contributed by atoms with van der Waals surface area (Å²) in [6.07, 6.45) is 2.42. The summed E-state index contributed by atoms with van der Waals surface area (Å²) in [5.41, 5.74) is 2.78. The van der Waals surface area contributed by atoms with Crippen LogP contribution in [-0.4, -0.2) is 35.5 Å². The fraction of sp³-hybridized carbons (Fsp3) is 0.258. The maximum Gasteiger partial charge on any atom is 0.251 e. The smallest absolute Gasteiger partial charge is 0.251 e. The Morgan fingerprint density at radius 1 is 1.08 bits per heavy atom. The maximum absolute atomic E-state index is 13.6. The molecule has 0 bridgehead atoms. The average molecular weight is 528 g/mol. The van der Waals surface area contributed by atoms with Crippen molar-refractivity contribution in [3.8, 4) is 28.6 Å². The number of fused-ring (bicyclic) bond motifs is 1. The number of carbonyl (C=O) groups excluding carboxylic acids is 2. The molecule has 39 heavy (non-hydrogen) atoms. The van der Waals surface area contributed by atoms with Gasteiger partial charge >= 0.3 is 0 Å². The third-order valence-corrected chi connectivity index (χ3v) is 6.52. The molecule has 4 rings (SSSR count). The first-order valence-electron chi connectivity index (χ1n) is 12.7. The number of rotatable bonds is 9. The van der Waals surface area contributed by atoms with E-state index < -0.39 is 11.4 Å². The van der Waals surface area contributed by atoms with Crippen LogP contribution in [0.3, 0.4) is 0 Å². The number of furan rings is 1. The molecule has 3 aromatic carbocycles. The van der Waals surface area contributed by atoms with Gasteiger partial charge in [0.2, 0.25) is 0 Å². The van der Waals surface area contributed by atoms with E-state index in [0.717, 1.165) is 0 Å². The van der Waals surface area contributed by atoms with Crippen molar-refractivity contribution in [1.29, 1.82) is 5.26 Å². The van der Waals surface area contributed by atoms with Crippen molar-refractivity contribution in [1.82, 2.24) is 5.32 Å². The molecule has 0 unspecified atom stereocenters. The molecule has 7 nitrogen and oxygen atoms in total. The van der Waals surface area contributed by atoms with E-state index >= 15 is 0 Å². The van der Waals surface area contributed by atoms with Gasteiger partial charge in [-0.1, -0.05) is 19.1 Å². The number of halogens is 1. The van der Waals surface area contributed by atoms with Crippen molar-refractivity contribution in [2.45, 2.75) is 39.7 Å². The van der Waals surface area contributed by atoms with Gasteiger partial charge in [0.25, 0.3) is 5.91 Å². The number of nitrogens with one attached hydrogen (secondary N) is 1. The minimum atomic E-state index is -0.806. The molecule has 1 aromatic heterocycles. The molecule has 8 heteroatoms. The number of aliphatic hydroxyl groups excluding tert-OH is 1. The number of hydrogen-bond acceptors (Lipinski definition) is 6. The van der Waals surface area contributed by atoms with Crippen molar-refractivity contribution in [3.05, 3.63) is 77.6 Å². The molecule has 0 saturated heterocycles. The Morgan fingerprint density at radius 3 is 2.41 bits per heavy atom. The van der Waals surface area contributed by atoms with Gasteiger partial charge in [0.15, 0.2) is 12.0 Å². The molecule has 1 amide bonds. The summed E-state index contributed by atoms with van der Waals surface area (Å²) in [5, 5.41) is 22.8. The highest BCUT2D eigenvalue weighted by atomic mass is 19.1. The molecule has 0 aliphatic carbocycles. The predicted molar refractivity (Wildman–Crippen MR) is 149 cm³/mol. The van der Waals surface area contributed by atoms with Crippen molar-refractivity contribution in [3.63, 3.8) is 0 Å². The number of nitrogens with zero attached hydrogens (tertiary/aromatic N) is 2. The van der Waals surface area contributed by atoms with Gasteiger partial charge in [0.1, 0.15) is 17.2 Å². The Balaban J connectivity index is 1.96. The zero-order valence-corrected chi connectivity index (χ0v) is 22.3. The number of hydrogen-bond donors (Lipinski definition) is 2. The second kappa shape index (κ2) is 11.1. The Hall–Kier alpha value is -4.48. The SMILES string of the molecule is CCC(=O)c1c(-c2ccc(F)cc2)oc2cc(N(C#N)CC)c(-c3cccc(C(=O)NC(C)(C)CO)c3)cc12. The van der Waals surface area contributed by atoms with Crippen molar-refractivity contribution >= 4 is 28.3 Å². The monoisotopic (exact) mass is 527 g/mol. The number of amides is 1. The summed E-state index contributed by atoms with van der Waals surface area (Å²) in [6, 6.07) is 16.2. The third kappa shape index (κ3) is 5.54. The molecular weight excluding hydrogens is 497 g/mol. The van der Waals surface area contributed by atoms with Crippen LogP contribution in [0.2, 0.25) is 0 Å². The predicted octanol–water partition coefficient (Wildman–Crippen LogP) is 6.31. The number of nitriles is 1. The molecule has 4 aromatic rings. The van der Waals surface area contributed by atoms with E-state index in [1.807, 2.05) is 13.0 Å². The van der Waals surface area contributed by atoms with E-state index in [-0.39, 0.29) is 24.7 Å². The quantitative estimate of drug-likeness (QED) is 0.150. The van der Waals surface area contributed by atoms with Gasteiger partial charge in [-0.15, -0.1) is 0 Å². The van der Waals surface area contributed by atoms with E-state index in [1.165, 1.54) is 17.0 Å². The summed E-state index contributed by atoms with van der Waals surface area (Å²) in [5.74, 6) is -0.560. The highest BCUT2D eigenvalue weighted by molar-refractivity contribution is 6.13. The molecule has 2 N–H and O–H groups in total. The first-order chi connectivity index (χ1) is 18.6. The zero-order chi connectivity index (χ0) is 28.3. The average Bonchev–Trinajstić information content (AvgIpc) is 3.31. The Morgan fingerprint density at radius 2 is 1.79 bits per heavy atom. The van der Waals surface area contributed by atoms with Crippen molar-refractivity contribution in [2.75, 3.05) is 18.1 Å². The molecule has 200 valence electrons. The van der Waals surface area contributed by atoms with E-state index in [4.69, 9.17) is 4.42 Å². The van der Waals surface area contributed by atoms with Crippen LogP contribution in [0, 0.1) is 17.3 Å². The van der Waals surface area contributed by atoms with Crippen LogP contribution in [0.25, 0.3) is 33.4 Å². The molecule has 0 aliphatic rings. The van der Waals surface area contributed by atoms with Gasteiger partial charge in [-0.2, -0.15) is 5.26 Å². The molecule has 0 saturated carbocycles. The molecule has 0 atom stereocenters. The summed E-state index contributed by atoms with van der Waals surface area (Å²) in [4.78, 5) is 27.6. The Labute approximate surface area is 226 Å². The van der Waals surface area contributed by atoms with Gasteiger partial charge < -0.3 is 14.8 Å². The van der Waals surface area contributed by atoms with Crippen LogP contribution in [0.15, 0.2) is 65.1 Å². The first kappa shape index (κ1) is 27.6. The highest BCUT2D eigenvalue weighted by Crippen LogP contribution is 2.41. The van der Waals surface area contributed by atoms with E-state index in [0.29, 0.717) is 56.8 Å². The van der Waals surface area contributed by atoms with Crippen molar-refractivity contribution in [2.24, 2.45) is 0 Å².